The van der Waals surface area contributed by atoms with Gasteiger partial charge in [-0.1, -0.05) is 52.3 Å². The molecule has 0 aliphatic rings. The summed E-state index contributed by atoms with van der Waals surface area (Å²) < 4.78 is 27.4. The van der Waals surface area contributed by atoms with E-state index in [-0.39, 0.29) is 5.95 Å². The van der Waals surface area contributed by atoms with Crippen LogP contribution in [0.5, 0.6) is 0 Å². The molecule has 1 heterocycles. The van der Waals surface area contributed by atoms with Crippen LogP contribution in [0.25, 0.3) is 16.6 Å². The second-order valence-electron chi connectivity index (χ2n) is 5.62. The fourth-order valence-corrected chi connectivity index (χ4v) is 4.08. The monoisotopic (exact) mass is 420 g/mol. The molecule has 0 bridgehead atoms. The molecule has 0 unspecified atom stereocenters. The van der Waals surface area contributed by atoms with Crippen LogP contribution in [0, 0.1) is 0 Å². The Labute approximate surface area is 154 Å². The van der Waals surface area contributed by atoms with E-state index in [1.807, 2.05) is 41.4 Å². The Bertz CT molecular complexity index is 1060. The molecule has 6 nitrogen and oxygen atoms in total. The van der Waals surface area contributed by atoms with Crippen LogP contribution < -0.4 is 5.73 Å². The van der Waals surface area contributed by atoms with Gasteiger partial charge >= 0.3 is 10.2 Å². The molecule has 3 aromatic rings. The number of fused-ring (bicyclic) bond motifs is 1. The Kier molecular flexibility index (Phi) is 4.68. The van der Waals surface area contributed by atoms with Gasteiger partial charge in [-0.2, -0.15) is 16.7 Å². The summed E-state index contributed by atoms with van der Waals surface area (Å²) in [6.07, 6.45) is 0. The Morgan fingerprint density at radius 2 is 1.84 bits per heavy atom. The first-order chi connectivity index (χ1) is 11.9. The zero-order valence-electron chi connectivity index (χ0n) is 13.7. The van der Waals surface area contributed by atoms with E-state index >= 15 is 0 Å². The average Bonchev–Trinajstić information content (AvgIpc) is 2.92. The SMILES string of the molecule is CN(C)S(=O)(=O)n1c(N)nc2ccc(C(=CBr)c3ccccc3)cc21. The smallest absolute Gasteiger partial charge is 0.310 e. The third kappa shape index (κ3) is 3.08. The Hall–Kier alpha value is -2.16. The molecule has 0 saturated carbocycles. The molecule has 0 saturated heterocycles. The normalized spacial score (nSPS) is 12.9. The van der Waals surface area contributed by atoms with E-state index < -0.39 is 10.2 Å². The van der Waals surface area contributed by atoms with Crippen molar-refractivity contribution in [1.82, 2.24) is 13.3 Å². The largest absolute Gasteiger partial charge is 0.368 e. The lowest BCUT2D eigenvalue weighted by Crippen LogP contribution is -2.29. The minimum Gasteiger partial charge on any atom is -0.368 e. The highest BCUT2D eigenvalue weighted by atomic mass is 79.9. The maximum atomic E-state index is 12.6. The fourth-order valence-electron chi connectivity index (χ4n) is 2.56. The van der Waals surface area contributed by atoms with Gasteiger partial charge in [0, 0.05) is 14.1 Å². The molecule has 0 spiro atoms. The summed E-state index contributed by atoms with van der Waals surface area (Å²) in [5.41, 5.74) is 9.61. The predicted molar refractivity (Wildman–Crippen MR) is 105 cm³/mol. The van der Waals surface area contributed by atoms with Crippen LogP contribution in [-0.4, -0.2) is 35.8 Å². The van der Waals surface area contributed by atoms with Crippen molar-refractivity contribution >= 4 is 48.7 Å². The van der Waals surface area contributed by atoms with E-state index in [4.69, 9.17) is 5.73 Å². The highest BCUT2D eigenvalue weighted by Gasteiger charge is 2.23. The van der Waals surface area contributed by atoms with Crippen molar-refractivity contribution in [3.8, 4) is 0 Å². The molecule has 0 radical (unpaired) electrons. The van der Waals surface area contributed by atoms with Crippen LogP contribution in [-0.2, 0) is 10.2 Å². The third-order valence-corrected chi connectivity index (χ3v) is 6.06. The highest BCUT2D eigenvalue weighted by Crippen LogP contribution is 2.29. The maximum Gasteiger partial charge on any atom is 0.310 e. The van der Waals surface area contributed by atoms with Crippen LogP contribution in [0.4, 0.5) is 5.95 Å². The van der Waals surface area contributed by atoms with E-state index in [2.05, 4.69) is 20.9 Å². The van der Waals surface area contributed by atoms with E-state index in [0.717, 1.165) is 25.0 Å². The fraction of sp³-hybridized carbons (Fsp3) is 0.118. The van der Waals surface area contributed by atoms with Crippen molar-refractivity contribution in [3.05, 3.63) is 64.6 Å². The van der Waals surface area contributed by atoms with Gasteiger partial charge in [0.25, 0.3) is 0 Å². The lowest BCUT2D eigenvalue weighted by Gasteiger charge is -2.14. The molecular weight excluding hydrogens is 404 g/mol. The van der Waals surface area contributed by atoms with Crippen LogP contribution in [0.2, 0.25) is 0 Å². The van der Waals surface area contributed by atoms with E-state index in [0.29, 0.717) is 11.0 Å². The number of halogens is 1. The van der Waals surface area contributed by atoms with Crippen LogP contribution in [0.15, 0.2) is 53.5 Å². The van der Waals surface area contributed by atoms with Gasteiger partial charge in [0.15, 0.2) is 0 Å². The van der Waals surface area contributed by atoms with Crippen molar-refractivity contribution in [2.24, 2.45) is 0 Å². The minimum absolute atomic E-state index is 0.0649. The van der Waals surface area contributed by atoms with Gasteiger partial charge in [0.05, 0.1) is 11.0 Å². The van der Waals surface area contributed by atoms with E-state index in [1.54, 1.807) is 12.1 Å². The number of nitrogen functional groups attached to an aromatic ring is 1. The Balaban J connectivity index is 2.24. The molecule has 0 amide bonds. The standard InChI is InChI=1S/C17H17BrN4O2S/c1-21(2)25(23,24)22-16-10-13(8-9-15(16)20-17(22)19)14(11-18)12-6-4-3-5-7-12/h3-11H,1-2H3,(H2,19,20). The van der Waals surface area contributed by atoms with Crippen molar-refractivity contribution in [1.29, 1.82) is 0 Å². The third-order valence-electron chi connectivity index (χ3n) is 3.83. The molecule has 1 aromatic heterocycles. The number of hydrogen-bond acceptors (Lipinski definition) is 4. The summed E-state index contributed by atoms with van der Waals surface area (Å²) in [5, 5.41) is 0. The zero-order chi connectivity index (χ0) is 18.2. The highest BCUT2D eigenvalue weighted by molar-refractivity contribution is 9.11. The van der Waals surface area contributed by atoms with Gasteiger partial charge in [0.2, 0.25) is 5.95 Å². The molecule has 0 atom stereocenters. The maximum absolute atomic E-state index is 12.6. The first kappa shape index (κ1) is 17.7. The molecule has 8 heteroatoms. The quantitative estimate of drug-likeness (QED) is 0.702. The average molecular weight is 421 g/mol. The van der Waals surface area contributed by atoms with E-state index in [1.165, 1.54) is 14.1 Å². The summed E-state index contributed by atoms with van der Waals surface area (Å²) in [6, 6.07) is 15.2. The molecule has 0 aliphatic heterocycles. The summed E-state index contributed by atoms with van der Waals surface area (Å²) in [7, 11) is -0.860. The second kappa shape index (κ2) is 6.62. The molecular formula is C17H17BrN4O2S. The number of anilines is 1. The van der Waals surface area contributed by atoms with Crippen LogP contribution in [0.3, 0.4) is 0 Å². The summed E-state index contributed by atoms with van der Waals surface area (Å²) in [6.45, 7) is 0. The zero-order valence-corrected chi connectivity index (χ0v) is 16.1. The molecule has 130 valence electrons. The van der Waals surface area contributed by atoms with Crippen molar-refractivity contribution in [2.45, 2.75) is 0 Å². The lowest BCUT2D eigenvalue weighted by atomic mass is 9.99. The van der Waals surface area contributed by atoms with Crippen molar-refractivity contribution in [2.75, 3.05) is 19.8 Å². The van der Waals surface area contributed by atoms with Crippen molar-refractivity contribution < 1.29 is 8.42 Å². The number of nitrogens with zero attached hydrogens (tertiary/aromatic N) is 3. The van der Waals surface area contributed by atoms with Gasteiger partial charge < -0.3 is 5.73 Å². The van der Waals surface area contributed by atoms with Gasteiger partial charge in [-0.3, -0.25) is 0 Å². The van der Waals surface area contributed by atoms with E-state index in [9.17, 15) is 8.42 Å². The predicted octanol–water partition coefficient (Wildman–Crippen LogP) is 3.06. The lowest BCUT2D eigenvalue weighted by molar-refractivity contribution is 0.513. The van der Waals surface area contributed by atoms with Crippen LogP contribution >= 0.6 is 15.9 Å². The molecule has 0 fully saturated rings. The first-order valence-corrected chi connectivity index (χ1v) is 9.74. The molecule has 2 aromatic carbocycles. The Morgan fingerprint density at radius 1 is 1.16 bits per heavy atom. The number of aromatic nitrogens is 2. The number of imidazole rings is 1. The molecule has 2 N–H and O–H groups in total. The van der Waals surface area contributed by atoms with Gasteiger partial charge in [-0.05, 0) is 33.8 Å². The summed E-state index contributed by atoms with van der Waals surface area (Å²) >= 11 is 3.40. The summed E-state index contributed by atoms with van der Waals surface area (Å²) in [4.78, 5) is 5.98. The van der Waals surface area contributed by atoms with Crippen LogP contribution in [0.1, 0.15) is 11.1 Å². The topological polar surface area (TPSA) is 81.2 Å². The number of hydrogen-bond donors (Lipinski definition) is 1. The number of nitrogens with two attached hydrogens (primary N) is 1. The Morgan fingerprint density at radius 3 is 2.44 bits per heavy atom. The number of rotatable bonds is 4. The first-order valence-electron chi connectivity index (χ1n) is 7.43. The molecule has 3 rings (SSSR count). The second-order valence-corrected chi connectivity index (χ2v) is 8.07. The number of benzene rings is 2. The van der Waals surface area contributed by atoms with Gasteiger partial charge in [-0.15, -0.1) is 0 Å². The van der Waals surface area contributed by atoms with Gasteiger partial charge in [0.1, 0.15) is 0 Å². The van der Waals surface area contributed by atoms with Gasteiger partial charge in [-0.25, -0.2) is 4.98 Å². The van der Waals surface area contributed by atoms with Crippen molar-refractivity contribution in [3.63, 3.8) is 0 Å². The molecule has 0 aliphatic carbocycles. The minimum atomic E-state index is -3.77. The summed E-state index contributed by atoms with van der Waals surface area (Å²) in [5.74, 6) is -0.0649. The molecule has 25 heavy (non-hydrogen) atoms.